The molecule has 0 bridgehead atoms. The zero-order valence-corrected chi connectivity index (χ0v) is 12.8. The normalized spacial score (nSPS) is 30.4. The van der Waals surface area contributed by atoms with Crippen molar-refractivity contribution in [2.75, 3.05) is 0 Å². The molecule has 1 aromatic rings. The van der Waals surface area contributed by atoms with E-state index in [2.05, 4.69) is 31.2 Å². The first-order valence-electron chi connectivity index (χ1n) is 8.19. The minimum absolute atomic E-state index is 0.250. The zero-order valence-electron chi connectivity index (χ0n) is 12.8. The van der Waals surface area contributed by atoms with Crippen molar-refractivity contribution >= 4 is 0 Å². The molecule has 1 saturated carbocycles. The van der Waals surface area contributed by atoms with Crippen LogP contribution in [0.3, 0.4) is 0 Å². The quantitative estimate of drug-likeness (QED) is 0.606. The Bertz CT molecular complexity index is 401. The molecule has 0 saturated heterocycles. The van der Waals surface area contributed by atoms with Crippen LogP contribution >= 0.6 is 0 Å². The van der Waals surface area contributed by atoms with Gasteiger partial charge in [0.1, 0.15) is 5.72 Å². The molecule has 112 valence electrons. The van der Waals surface area contributed by atoms with E-state index in [1.807, 2.05) is 6.07 Å². The van der Waals surface area contributed by atoms with E-state index < -0.39 is 5.72 Å². The van der Waals surface area contributed by atoms with Crippen LogP contribution in [0.1, 0.15) is 70.3 Å². The number of aliphatic hydroxyl groups is 1. The molecule has 1 aliphatic rings. The lowest BCUT2D eigenvalue weighted by atomic mass is 9.61. The molecule has 3 N–H and O–H groups in total. The maximum Gasteiger partial charge on any atom is 0.123 e. The first kappa shape index (κ1) is 15.5. The predicted octanol–water partition coefficient (Wildman–Crippen LogP) is 4.12. The van der Waals surface area contributed by atoms with E-state index in [4.69, 9.17) is 5.73 Å². The summed E-state index contributed by atoms with van der Waals surface area (Å²) in [5, 5.41) is 10.9. The summed E-state index contributed by atoms with van der Waals surface area (Å²) in [5.74, 6) is 0. The van der Waals surface area contributed by atoms with Gasteiger partial charge in [-0.1, -0.05) is 69.4 Å². The number of benzene rings is 1. The average Bonchev–Trinajstić information content (AvgIpc) is 2.46. The maximum atomic E-state index is 10.9. The summed E-state index contributed by atoms with van der Waals surface area (Å²) in [6.07, 6.45) is 9.84. The highest BCUT2D eigenvalue weighted by molar-refractivity contribution is 5.30. The van der Waals surface area contributed by atoms with E-state index in [0.29, 0.717) is 0 Å². The van der Waals surface area contributed by atoms with Gasteiger partial charge in [-0.3, -0.25) is 0 Å². The molecule has 2 unspecified atom stereocenters. The Morgan fingerprint density at radius 1 is 1.05 bits per heavy atom. The number of hydrogen-bond donors (Lipinski definition) is 2. The van der Waals surface area contributed by atoms with Crippen molar-refractivity contribution in [3.05, 3.63) is 35.9 Å². The van der Waals surface area contributed by atoms with Crippen molar-refractivity contribution in [3.8, 4) is 0 Å². The van der Waals surface area contributed by atoms with Gasteiger partial charge in [-0.25, -0.2) is 0 Å². The third-order valence-electron chi connectivity index (χ3n) is 5.02. The minimum atomic E-state index is -1.06. The van der Waals surface area contributed by atoms with E-state index in [0.717, 1.165) is 32.1 Å². The molecular weight excluding hydrogens is 246 g/mol. The van der Waals surface area contributed by atoms with Crippen LogP contribution in [0.2, 0.25) is 0 Å². The van der Waals surface area contributed by atoms with E-state index in [1.54, 1.807) is 0 Å². The maximum absolute atomic E-state index is 10.9. The van der Waals surface area contributed by atoms with Gasteiger partial charge in [-0.15, -0.1) is 0 Å². The molecule has 0 aromatic heterocycles. The lowest BCUT2D eigenvalue weighted by molar-refractivity contribution is -0.0709. The third-order valence-corrected chi connectivity index (χ3v) is 5.02. The number of rotatable bonds is 6. The Morgan fingerprint density at radius 3 is 2.40 bits per heavy atom. The van der Waals surface area contributed by atoms with Gasteiger partial charge in [0.15, 0.2) is 0 Å². The summed E-state index contributed by atoms with van der Waals surface area (Å²) < 4.78 is 0. The molecule has 1 aromatic carbocycles. The fourth-order valence-electron chi connectivity index (χ4n) is 3.77. The van der Waals surface area contributed by atoms with Gasteiger partial charge in [0.05, 0.1) is 0 Å². The summed E-state index contributed by atoms with van der Waals surface area (Å²) in [5.41, 5.74) is 6.28. The van der Waals surface area contributed by atoms with Gasteiger partial charge in [0.2, 0.25) is 0 Å². The Kier molecular flexibility index (Phi) is 5.22. The Hall–Kier alpha value is -0.860. The Morgan fingerprint density at radius 2 is 1.75 bits per heavy atom. The molecule has 2 heteroatoms. The molecule has 20 heavy (non-hydrogen) atoms. The monoisotopic (exact) mass is 275 g/mol. The first-order valence-corrected chi connectivity index (χ1v) is 8.19. The van der Waals surface area contributed by atoms with Crippen LogP contribution < -0.4 is 5.73 Å². The Balaban J connectivity index is 2.23. The second-order valence-corrected chi connectivity index (χ2v) is 6.39. The van der Waals surface area contributed by atoms with Crippen LogP contribution in [-0.2, 0) is 5.41 Å². The van der Waals surface area contributed by atoms with Crippen LogP contribution in [-0.4, -0.2) is 10.8 Å². The standard InChI is InChI=1S/C18H29NO/c1-2-3-4-8-13-17(16-11-6-5-7-12-16)14-9-10-15-18(17,19)20/h5-7,11-12,20H,2-4,8-10,13-15,19H2,1H3. The smallest absolute Gasteiger partial charge is 0.123 e. The van der Waals surface area contributed by atoms with E-state index >= 15 is 0 Å². The fraction of sp³-hybridized carbons (Fsp3) is 0.667. The van der Waals surface area contributed by atoms with E-state index in [-0.39, 0.29) is 5.41 Å². The molecule has 0 aliphatic heterocycles. The van der Waals surface area contributed by atoms with Gasteiger partial charge in [-0.2, -0.15) is 0 Å². The van der Waals surface area contributed by atoms with Crippen LogP contribution in [0.5, 0.6) is 0 Å². The number of hydrogen-bond acceptors (Lipinski definition) is 2. The highest BCUT2D eigenvalue weighted by Crippen LogP contribution is 2.47. The van der Waals surface area contributed by atoms with Gasteiger partial charge >= 0.3 is 0 Å². The second kappa shape index (κ2) is 6.73. The fourth-order valence-corrected chi connectivity index (χ4v) is 3.77. The Labute approximate surface area is 123 Å². The van der Waals surface area contributed by atoms with Crippen molar-refractivity contribution in [2.45, 2.75) is 75.9 Å². The molecule has 0 amide bonds. The van der Waals surface area contributed by atoms with Gasteiger partial charge in [0, 0.05) is 5.41 Å². The number of nitrogens with two attached hydrogens (primary N) is 1. The minimum Gasteiger partial charge on any atom is -0.375 e. The van der Waals surface area contributed by atoms with Crippen molar-refractivity contribution in [3.63, 3.8) is 0 Å². The largest absolute Gasteiger partial charge is 0.375 e. The predicted molar refractivity (Wildman–Crippen MR) is 84.5 cm³/mol. The van der Waals surface area contributed by atoms with Gasteiger partial charge < -0.3 is 10.8 Å². The molecular formula is C18H29NO. The number of unbranched alkanes of at least 4 members (excludes halogenated alkanes) is 3. The highest BCUT2D eigenvalue weighted by Gasteiger charge is 2.49. The molecule has 2 nitrogen and oxygen atoms in total. The van der Waals surface area contributed by atoms with Gasteiger partial charge in [0.25, 0.3) is 0 Å². The summed E-state index contributed by atoms with van der Waals surface area (Å²) in [6, 6.07) is 10.4. The third kappa shape index (κ3) is 3.07. The summed E-state index contributed by atoms with van der Waals surface area (Å²) in [6.45, 7) is 2.23. The lowest BCUT2D eigenvalue weighted by Gasteiger charge is -2.49. The second-order valence-electron chi connectivity index (χ2n) is 6.39. The molecule has 1 fully saturated rings. The van der Waals surface area contributed by atoms with Crippen LogP contribution in [0.4, 0.5) is 0 Å². The zero-order chi connectivity index (χ0) is 14.5. The lowest BCUT2D eigenvalue weighted by Crippen LogP contribution is -2.60. The SMILES string of the molecule is CCCCCCC1(c2ccccc2)CCCCC1(N)O. The topological polar surface area (TPSA) is 46.2 Å². The van der Waals surface area contributed by atoms with Crippen LogP contribution in [0.15, 0.2) is 30.3 Å². The summed E-state index contributed by atoms with van der Waals surface area (Å²) in [4.78, 5) is 0. The van der Waals surface area contributed by atoms with E-state index in [1.165, 1.54) is 31.2 Å². The molecule has 2 atom stereocenters. The van der Waals surface area contributed by atoms with Crippen molar-refractivity contribution in [1.82, 2.24) is 0 Å². The molecule has 1 aliphatic carbocycles. The van der Waals surface area contributed by atoms with Crippen molar-refractivity contribution in [1.29, 1.82) is 0 Å². The van der Waals surface area contributed by atoms with E-state index in [9.17, 15) is 5.11 Å². The molecule has 2 rings (SSSR count). The molecule has 0 radical (unpaired) electrons. The van der Waals surface area contributed by atoms with Crippen molar-refractivity contribution in [2.24, 2.45) is 5.73 Å². The van der Waals surface area contributed by atoms with Crippen LogP contribution in [0.25, 0.3) is 0 Å². The molecule has 0 spiro atoms. The van der Waals surface area contributed by atoms with Gasteiger partial charge in [-0.05, 0) is 31.2 Å². The first-order chi connectivity index (χ1) is 9.62. The highest BCUT2D eigenvalue weighted by atomic mass is 16.3. The molecule has 0 heterocycles. The summed E-state index contributed by atoms with van der Waals surface area (Å²) in [7, 11) is 0. The van der Waals surface area contributed by atoms with Crippen LogP contribution in [0, 0.1) is 0 Å². The summed E-state index contributed by atoms with van der Waals surface area (Å²) >= 11 is 0. The van der Waals surface area contributed by atoms with Crippen molar-refractivity contribution < 1.29 is 5.11 Å². The average molecular weight is 275 g/mol.